The highest BCUT2D eigenvalue weighted by Gasteiger charge is 2.54. The van der Waals surface area contributed by atoms with Crippen LogP contribution in [0.2, 0.25) is 0 Å². The van der Waals surface area contributed by atoms with Crippen LogP contribution in [0.15, 0.2) is 29.2 Å². The quantitative estimate of drug-likeness (QED) is 0.699. The molecule has 1 aromatic rings. The molecule has 0 radical (unpaired) electrons. The number of aryl methyl sites for hydroxylation is 1. The lowest BCUT2D eigenvalue weighted by Crippen LogP contribution is -2.42. The molecule has 1 aromatic carbocycles. The summed E-state index contributed by atoms with van der Waals surface area (Å²) in [6.07, 6.45) is 2.65. The van der Waals surface area contributed by atoms with Gasteiger partial charge in [-0.25, -0.2) is 9.00 Å². The molecule has 0 spiro atoms. The van der Waals surface area contributed by atoms with Gasteiger partial charge < -0.3 is 9.64 Å². The van der Waals surface area contributed by atoms with E-state index in [1.807, 2.05) is 56.9 Å². The van der Waals surface area contributed by atoms with Crippen LogP contribution < -0.4 is 0 Å². The molecule has 2 fully saturated rings. The van der Waals surface area contributed by atoms with Crippen LogP contribution in [0.1, 0.15) is 45.6 Å². The van der Waals surface area contributed by atoms with Gasteiger partial charge in [0.05, 0.1) is 11.5 Å². The zero-order valence-electron chi connectivity index (χ0n) is 16.1. The maximum absolute atomic E-state index is 12.4. The summed E-state index contributed by atoms with van der Waals surface area (Å²) < 4.78 is 23.2. The molecule has 1 aliphatic heterocycles. The molecule has 0 aromatic heterocycles. The van der Waals surface area contributed by atoms with E-state index >= 15 is 0 Å². The molecule has 144 valence electrons. The highest BCUT2D eigenvalue weighted by Crippen LogP contribution is 2.51. The van der Waals surface area contributed by atoms with Crippen molar-refractivity contribution in [2.45, 2.75) is 63.5 Å². The second kappa shape index (κ2) is 7.69. The number of likely N-dealkylation sites (tertiary alicyclic amines) is 1. The first-order valence-corrected chi connectivity index (χ1v) is 10.4. The van der Waals surface area contributed by atoms with E-state index in [9.17, 15) is 9.00 Å². The summed E-state index contributed by atoms with van der Waals surface area (Å²) in [5, 5.41) is 0. The summed E-state index contributed by atoms with van der Waals surface area (Å²) in [7, 11) is 0. The standard InChI is InChI=1S/C20H29NO4S/c1-14-7-9-16(10-8-14)26(23)24-11-5-6-18-17-12-15(17)13-21(18)19(22)25-20(2,3)4/h7-10,15,17-18H,5-6,11-13H2,1-4H3/t15?,17?,18-,26?/m1/s1. The molecule has 6 heteroatoms. The van der Waals surface area contributed by atoms with Crippen molar-refractivity contribution in [3.63, 3.8) is 0 Å². The van der Waals surface area contributed by atoms with Crippen molar-refractivity contribution < 1.29 is 17.9 Å². The largest absolute Gasteiger partial charge is 0.444 e. The van der Waals surface area contributed by atoms with Gasteiger partial charge in [-0.3, -0.25) is 4.18 Å². The number of carbonyl (C=O) groups excluding carboxylic acids is 1. The van der Waals surface area contributed by atoms with Crippen LogP contribution in [0, 0.1) is 18.8 Å². The summed E-state index contributed by atoms with van der Waals surface area (Å²) >= 11 is -1.43. The third-order valence-corrected chi connectivity index (χ3v) is 6.02. The van der Waals surface area contributed by atoms with Gasteiger partial charge in [0.2, 0.25) is 0 Å². The minimum Gasteiger partial charge on any atom is -0.444 e. The number of benzene rings is 1. The second-order valence-corrected chi connectivity index (χ2v) is 9.55. The second-order valence-electron chi connectivity index (χ2n) is 8.37. The maximum atomic E-state index is 12.4. The van der Waals surface area contributed by atoms with Gasteiger partial charge in [0, 0.05) is 12.6 Å². The topological polar surface area (TPSA) is 55.8 Å². The fourth-order valence-electron chi connectivity index (χ4n) is 3.62. The molecule has 5 nitrogen and oxygen atoms in total. The van der Waals surface area contributed by atoms with Crippen molar-refractivity contribution in [2.75, 3.05) is 13.2 Å². The fraction of sp³-hybridized carbons (Fsp3) is 0.650. The summed E-state index contributed by atoms with van der Waals surface area (Å²) in [4.78, 5) is 15.0. The predicted octanol–water partition coefficient (Wildman–Crippen LogP) is 4.07. The minimum atomic E-state index is -1.43. The Kier molecular flexibility index (Phi) is 5.72. The predicted molar refractivity (Wildman–Crippen MR) is 101 cm³/mol. The number of rotatable bonds is 6. The van der Waals surface area contributed by atoms with Crippen LogP contribution in [0.3, 0.4) is 0 Å². The van der Waals surface area contributed by atoms with Gasteiger partial charge in [-0.05, 0) is 70.9 Å². The van der Waals surface area contributed by atoms with Crippen molar-refractivity contribution in [1.82, 2.24) is 4.90 Å². The van der Waals surface area contributed by atoms with E-state index in [1.165, 1.54) is 6.42 Å². The molecule has 0 N–H and O–H groups in total. The van der Waals surface area contributed by atoms with Gasteiger partial charge in [-0.15, -0.1) is 0 Å². The molecule has 2 aliphatic rings. The zero-order valence-corrected chi connectivity index (χ0v) is 16.9. The van der Waals surface area contributed by atoms with E-state index in [1.54, 1.807) is 0 Å². The van der Waals surface area contributed by atoms with Crippen LogP contribution in [0.5, 0.6) is 0 Å². The van der Waals surface area contributed by atoms with Crippen molar-refractivity contribution in [3.8, 4) is 0 Å². The van der Waals surface area contributed by atoms with E-state index in [-0.39, 0.29) is 12.1 Å². The van der Waals surface area contributed by atoms with Crippen LogP contribution in [0.4, 0.5) is 4.79 Å². The highest BCUT2D eigenvalue weighted by atomic mass is 32.2. The van der Waals surface area contributed by atoms with Gasteiger partial charge in [0.15, 0.2) is 11.1 Å². The SMILES string of the molecule is Cc1ccc(S(=O)OCCC[C@@H]2C3CC3CN2C(=O)OC(C)(C)C)cc1. The highest BCUT2D eigenvalue weighted by molar-refractivity contribution is 7.80. The Morgan fingerprint density at radius 1 is 1.27 bits per heavy atom. The van der Waals surface area contributed by atoms with Crippen molar-refractivity contribution in [1.29, 1.82) is 0 Å². The van der Waals surface area contributed by atoms with Crippen LogP contribution in [-0.2, 0) is 20.0 Å². The number of piperidine rings is 1. The minimum absolute atomic E-state index is 0.209. The third kappa shape index (κ3) is 4.86. The first-order chi connectivity index (χ1) is 12.2. The summed E-state index contributed by atoms with van der Waals surface area (Å²) in [6.45, 7) is 8.91. The summed E-state index contributed by atoms with van der Waals surface area (Å²) in [6, 6.07) is 7.76. The number of nitrogens with zero attached hydrogens (tertiary/aromatic N) is 1. The fourth-order valence-corrected chi connectivity index (χ4v) is 4.38. The van der Waals surface area contributed by atoms with Crippen molar-refractivity contribution >= 4 is 17.2 Å². The molecule has 1 saturated carbocycles. The van der Waals surface area contributed by atoms with Gasteiger partial charge in [0.25, 0.3) is 0 Å². The first-order valence-electron chi connectivity index (χ1n) is 9.36. The molecule has 4 atom stereocenters. The monoisotopic (exact) mass is 379 g/mol. The number of fused-ring (bicyclic) bond motifs is 1. The van der Waals surface area contributed by atoms with E-state index in [4.69, 9.17) is 8.92 Å². The maximum Gasteiger partial charge on any atom is 0.410 e. The molecule has 1 heterocycles. The Morgan fingerprint density at radius 2 is 1.96 bits per heavy atom. The molecular weight excluding hydrogens is 350 g/mol. The number of carbonyl (C=O) groups is 1. The number of hydrogen-bond donors (Lipinski definition) is 0. The zero-order chi connectivity index (χ0) is 18.9. The Labute approximate surface area is 158 Å². The van der Waals surface area contributed by atoms with Crippen LogP contribution >= 0.6 is 0 Å². The van der Waals surface area contributed by atoms with E-state index in [0.29, 0.717) is 23.3 Å². The molecule has 3 rings (SSSR count). The van der Waals surface area contributed by atoms with Crippen LogP contribution in [-0.4, -0.2) is 40.0 Å². The molecule has 1 amide bonds. The van der Waals surface area contributed by atoms with Crippen molar-refractivity contribution in [3.05, 3.63) is 29.8 Å². The smallest absolute Gasteiger partial charge is 0.410 e. The van der Waals surface area contributed by atoms with Gasteiger partial charge in [-0.2, -0.15) is 0 Å². The van der Waals surface area contributed by atoms with E-state index in [2.05, 4.69) is 0 Å². The van der Waals surface area contributed by atoms with Crippen LogP contribution in [0.25, 0.3) is 0 Å². The average molecular weight is 380 g/mol. The number of hydrogen-bond acceptors (Lipinski definition) is 4. The van der Waals surface area contributed by atoms with Gasteiger partial charge >= 0.3 is 6.09 Å². The molecule has 0 bridgehead atoms. The Morgan fingerprint density at radius 3 is 2.62 bits per heavy atom. The van der Waals surface area contributed by atoms with E-state index < -0.39 is 16.7 Å². The lowest BCUT2D eigenvalue weighted by atomic mass is 10.1. The lowest BCUT2D eigenvalue weighted by Gasteiger charge is -2.30. The Hall–Kier alpha value is -1.40. The average Bonchev–Trinajstić information content (AvgIpc) is 3.23. The molecule has 26 heavy (non-hydrogen) atoms. The van der Waals surface area contributed by atoms with Gasteiger partial charge in [-0.1, -0.05) is 17.7 Å². The molecular formula is C20H29NO4S. The molecule has 1 saturated heterocycles. The first kappa shape index (κ1) is 19.4. The van der Waals surface area contributed by atoms with E-state index in [0.717, 1.165) is 24.9 Å². The normalized spacial score (nSPS) is 25.7. The van der Waals surface area contributed by atoms with Gasteiger partial charge in [0.1, 0.15) is 5.60 Å². The molecule has 1 aliphatic carbocycles. The summed E-state index contributed by atoms with van der Waals surface area (Å²) in [5.74, 6) is 1.24. The summed E-state index contributed by atoms with van der Waals surface area (Å²) in [5.41, 5.74) is 0.663. The Bertz CT molecular complexity index is 667. The van der Waals surface area contributed by atoms with Crippen molar-refractivity contribution in [2.24, 2.45) is 11.8 Å². The third-order valence-electron chi connectivity index (χ3n) is 4.98. The lowest BCUT2D eigenvalue weighted by molar-refractivity contribution is 0.0181. The number of amides is 1. The Balaban J connectivity index is 1.45. The molecule has 3 unspecified atom stereocenters. The number of ether oxygens (including phenoxy) is 1.